The molecule has 7 nitrogen and oxygen atoms in total. The molecule has 0 spiro atoms. The van der Waals surface area contributed by atoms with Gasteiger partial charge in [-0.25, -0.2) is 4.98 Å². The summed E-state index contributed by atoms with van der Waals surface area (Å²) in [7, 11) is 0. The highest BCUT2D eigenvalue weighted by Crippen LogP contribution is 2.45. The monoisotopic (exact) mass is 516 g/mol. The van der Waals surface area contributed by atoms with E-state index in [0.717, 1.165) is 10.3 Å². The largest absolute Gasteiger partial charge is 0.503 e. The van der Waals surface area contributed by atoms with Crippen LogP contribution in [0.4, 0.5) is 5.13 Å². The first-order chi connectivity index (χ1) is 17.6. The number of thiazole rings is 1. The average Bonchev–Trinajstić information content (AvgIpc) is 3.54. The minimum atomic E-state index is -0.869. The predicted octanol–water partition coefficient (Wildman–Crippen LogP) is 6.68. The van der Waals surface area contributed by atoms with Crippen molar-refractivity contribution in [2.24, 2.45) is 0 Å². The Hall–Kier alpha value is -3.91. The summed E-state index contributed by atoms with van der Waals surface area (Å²) in [5.74, 6) is -0.482. The number of carbonyl (C=O) groups excluding carboxylic acids is 2. The fourth-order valence-corrected chi connectivity index (χ4v) is 5.48. The Bertz CT molecular complexity index is 1540. The fourth-order valence-electron chi connectivity index (χ4n) is 4.46. The number of rotatable bonds is 6. The number of Topliss-reactive ketones (excluding diaryl/α,β-unsaturated/α-hetero) is 1. The quantitative estimate of drug-likeness (QED) is 0.288. The van der Waals surface area contributed by atoms with Gasteiger partial charge in [0.2, 0.25) is 5.78 Å². The number of furan rings is 1. The van der Waals surface area contributed by atoms with Gasteiger partial charge < -0.3 is 14.3 Å². The van der Waals surface area contributed by atoms with E-state index in [2.05, 4.69) is 25.8 Å². The van der Waals surface area contributed by atoms with E-state index in [0.29, 0.717) is 34.3 Å². The summed E-state index contributed by atoms with van der Waals surface area (Å²) in [6, 6.07) is 15.7. The third kappa shape index (κ3) is 4.42. The fraction of sp³-hybridized carbons (Fsp3) is 0.276. The van der Waals surface area contributed by atoms with E-state index >= 15 is 0 Å². The minimum absolute atomic E-state index is 0.0304. The number of ether oxygens (including phenoxy) is 1. The third-order valence-corrected chi connectivity index (χ3v) is 7.39. The molecule has 0 radical (unpaired) electrons. The maximum atomic E-state index is 13.6. The maximum Gasteiger partial charge on any atom is 0.296 e. The van der Waals surface area contributed by atoms with Crippen LogP contribution in [-0.2, 0) is 10.2 Å². The molecule has 1 N–H and O–H groups in total. The zero-order chi connectivity index (χ0) is 26.5. The number of carbonyl (C=O) groups is 2. The van der Waals surface area contributed by atoms with Crippen LogP contribution in [0.3, 0.4) is 0 Å². The van der Waals surface area contributed by atoms with Crippen LogP contribution in [0.25, 0.3) is 10.2 Å². The molecule has 0 fully saturated rings. The first kappa shape index (κ1) is 24.8. The molecule has 2 aromatic heterocycles. The van der Waals surface area contributed by atoms with Crippen LogP contribution in [0.2, 0.25) is 0 Å². The van der Waals surface area contributed by atoms with Gasteiger partial charge in [-0.1, -0.05) is 56.4 Å². The molecular formula is C29H28N2O5S. The number of aromatic nitrogens is 1. The van der Waals surface area contributed by atoms with Crippen molar-refractivity contribution < 1.29 is 23.8 Å². The zero-order valence-corrected chi connectivity index (χ0v) is 22.2. The van der Waals surface area contributed by atoms with Crippen LogP contribution in [0.1, 0.15) is 61.2 Å². The Morgan fingerprint density at radius 2 is 1.86 bits per heavy atom. The molecular weight excluding hydrogens is 488 g/mol. The van der Waals surface area contributed by atoms with Crippen LogP contribution >= 0.6 is 11.3 Å². The van der Waals surface area contributed by atoms with Crippen molar-refractivity contribution in [2.75, 3.05) is 11.5 Å². The molecule has 0 saturated heterocycles. The molecule has 4 aromatic rings. The molecule has 37 heavy (non-hydrogen) atoms. The number of aliphatic hydroxyl groups excluding tert-OH is 1. The van der Waals surface area contributed by atoms with Crippen LogP contribution in [0, 0.1) is 6.92 Å². The van der Waals surface area contributed by atoms with Crippen LogP contribution in [-0.4, -0.2) is 28.4 Å². The van der Waals surface area contributed by atoms with Gasteiger partial charge in [-0.3, -0.25) is 14.5 Å². The normalized spacial score (nSPS) is 16.2. The Balaban J connectivity index is 1.64. The van der Waals surface area contributed by atoms with E-state index in [9.17, 15) is 14.7 Å². The number of benzene rings is 2. The van der Waals surface area contributed by atoms with Crippen molar-refractivity contribution >= 4 is 38.4 Å². The van der Waals surface area contributed by atoms with E-state index in [1.54, 1.807) is 19.1 Å². The highest BCUT2D eigenvalue weighted by atomic mass is 32.1. The lowest BCUT2D eigenvalue weighted by Crippen LogP contribution is -2.31. The van der Waals surface area contributed by atoms with Crippen molar-refractivity contribution in [1.82, 2.24) is 4.98 Å². The van der Waals surface area contributed by atoms with Gasteiger partial charge >= 0.3 is 0 Å². The molecule has 5 rings (SSSR count). The van der Waals surface area contributed by atoms with Crippen molar-refractivity contribution in [3.63, 3.8) is 0 Å². The summed E-state index contributed by atoms with van der Waals surface area (Å²) in [5.41, 5.74) is 2.39. The van der Waals surface area contributed by atoms with Gasteiger partial charge in [-0.15, -0.1) is 0 Å². The number of hydrogen-bond acceptors (Lipinski definition) is 7. The molecule has 0 saturated carbocycles. The van der Waals surface area contributed by atoms with Gasteiger partial charge in [0.05, 0.1) is 28.4 Å². The summed E-state index contributed by atoms with van der Waals surface area (Å²) in [6.45, 7) is 10.5. The smallest absolute Gasteiger partial charge is 0.296 e. The van der Waals surface area contributed by atoms with Gasteiger partial charge in [0.1, 0.15) is 11.5 Å². The predicted molar refractivity (Wildman–Crippen MR) is 144 cm³/mol. The first-order valence-corrected chi connectivity index (χ1v) is 12.9. The minimum Gasteiger partial charge on any atom is -0.503 e. The molecule has 1 aliphatic heterocycles. The number of fused-ring (bicyclic) bond motifs is 1. The van der Waals surface area contributed by atoms with Crippen molar-refractivity contribution in [3.8, 4) is 5.75 Å². The maximum absolute atomic E-state index is 13.6. The van der Waals surface area contributed by atoms with E-state index in [-0.39, 0.29) is 16.7 Å². The second-order valence-electron chi connectivity index (χ2n) is 10.0. The second kappa shape index (κ2) is 9.19. The van der Waals surface area contributed by atoms with E-state index in [4.69, 9.17) is 9.15 Å². The SMILES string of the molecule is CCOc1ccc2nc(N3C(=O)C(O)=C(C(=O)c4ccc(C)o4)[C@@H]3c3ccc(C(C)(C)C)cc3)sc2c1. The second-order valence-corrected chi connectivity index (χ2v) is 11.0. The number of anilines is 1. The van der Waals surface area contributed by atoms with Gasteiger partial charge in [0.15, 0.2) is 16.7 Å². The van der Waals surface area contributed by atoms with Crippen molar-refractivity contribution in [3.05, 3.63) is 88.6 Å². The number of nitrogens with zero attached hydrogens (tertiary/aromatic N) is 2. The average molecular weight is 517 g/mol. The van der Waals surface area contributed by atoms with Gasteiger partial charge in [-0.2, -0.15) is 0 Å². The number of amides is 1. The Morgan fingerprint density at radius 1 is 1.14 bits per heavy atom. The summed E-state index contributed by atoms with van der Waals surface area (Å²) in [6.07, 6.45) is 0. The molecule has 0 aliphatic carbocycles. The Kier molecular flexibility index (Phi) is 6.15. The molecule has 0 unspecified atom stereocenters. The zero-order valence-electron chi connectivity index (χ0n) is 21.4. The molecule has 2 aromatic carbocycles. The lowest BCUT2D eigenvalue weighted by atomic mass is 9.85. The van der Waals surface area contributed by atoms with Crippen LogP contribution in [0.5, 0.6) is 5.75 Å². The van der Waals surface area contributed by atoms with Crippen molar-refractivity contribution in [2.45, 2.75) is 46.1 Å². The number of hydrogen-bond donors (Lipinski definition) is 1. The van der Waals surface area contributed by atoms with Gasteiger partial charge in [0, 0.05) is 0 Å². The van der Waals surface area contributed by atoms with Gasteiger partial charge in [-0.05, 0) is 60.7 Å². The molecule has 8 heteroatoms. The van der Waals surface area contributed by atoms with Crippen LogP contribution in [0.15, 0.2) is 70.3 Å². The summed E-state index contributed by atoms with van der Waals surface area (Å²) >= 11 is 1.30. The topological polar surface area (TPSA) is 92.9 Å². The first-order valence-electron chi connectivity index (χ1n) is 12.1. The number of ketones is 1. The summed E-state index contributed by atoms with van der Waals surface area (Å²) < 4.78 is 12.0. The van der Waals surface area contributed by atoms with E-state index < -0.39 is 23.5 Å². The van der Waals surface area contributed by atoms with Crippen molar-refractivity contribution in [1.29, 1.82) is 0 Å². The molecule has 190 valence electrons. The van der Waals surface area contributed by atoms with E-state index in [1.165, 1.54) is 16.2 Å². The van der Waals surface area contributed by atoms with Gasteiger partial charge in [0.25, 0.3) is 5.91 Å². The number of aliphatic hydroxyl groups is 1. The Morgan fingerprint density at radius 3 is 2.49 bits per heavy atom. The molecule has 1 atom stereocenters. The summed E-state index contributed by atoms with van der Waals surface area (Å²) in [4.78, 5) is 33.1. The Labute approximate surface area is 219 Å². The third-order valence-electron chi connectivity index (χ3n) is 6.38. The molecule has 1 amide bonds. The lowest BCUT2D eigenvalue weighted by Gasteiger charge is -2.25. The molecule has 3 heterocycles. The lowest BCUT2D eigenvalue weighted by molar-refractivity contribution is -0.117. The van der Waals surface area contributed by atoms with Crippen LogP contribution < -0.4 is 9.64 Å². The highest BCUT2D eigenvalue weighted by molar-refractivity contribution is 7.22. The number of aryl methyl sites for hydroxylation is 1. The summed E-state index contributed by atoms with van der Waals surface area (Å²) in [5, 5.41) is 11.4. The standard InChI is InChI=1S/C29H28N2O5S/c1-6-35-19-12-13-20-22(15-19)37-28(30-20)31-24(17-8-10-18(11-9-17)29(3,4)5)23(26(33)27(31)34)25(32)21-14-7-16(2)36-21/h7-15,24,33H,6H2,1-5H3/t24-/m0/s1. The molecule has 0 bridgehead atoms. The highest BCUT2D eigenvalue weighted by Gasteiger charge is 2.46. The molecule has 1 aliphatic rings. The van der Waals surface area contributed by atoms with E-state index in [1.807, 2.05) is 49.4 Å².